The van der Waals surface area contributed by atoms with Crippen LogP contribution < -0.4 is 25.4 Å². The first-order chi connectivity index (χ1) is 18.9. The number of anilines is 3. The van der Waals surface area contributed by atoms with Gasteiger partial charge in [0.2, 0.25) is 0 Å². The number of carbonyl (C=O) groups excluding carboxylic acids is 2. The molecule has 1 aromatic heterocycles. The van der Waals surface area contributed by atoms with Gasteiger partial charge in [0, 0.05) is 17.1 Å². The number of allylic oxidation sites excluding steroid dienone is 1. The number of rotatable bonds is 7. The van der Waals surface area contributed by atoms with E-state index in [-0.39, 0.29) is 11.5 Å². The fourth-order valence-electron chi connectivity index (χ4n) is 4.50. The number of halogens is 1. The number of amides is 2. The van der Waals surface area contributed by atoms with Crippen LogP contribution in [0.3, 0.4) is 0 Å². The van der Waals surface area contributed by atoms with Crippen molar-refractivity contribution in [3.8, 4) is 11.5 Å². The Morgan fingerprint density at radius 1 is 0.897 bits per heavy atom. The minimum absolute atomic E-state index is 0.256. The number of benzene rings is 3. The van der Waals surface area contributed by atoms with Crippen LogP contribution in [0.5, 0.6) is 11.5 Å². The van der Waals surface area contributed by atoms with E-state index in [0.717, 1.165) is 0 Å². The molecule has 10 heteroatoms. The predicted molar refractivity (Wildman–Crippen MR) is 146 cm³/mol. The Morgan fingerprint density at radius 2 is 1.56 bits per heavy atom. The van der Waals surface area contributed by atoms with Crippen molar-refractivity contribution in [2.75, 3.05) is 30.2 Å². The van der Waals surface area contributed by atoms with Crippen LogP contribution in [0.4, 0.5) is 21.6 Å². The molecule has 0 radical (unpaired) electrons. The molecule has 9 nitrogen and oxygen atoms in total. The Bertz CT molecular complexity index is 1560. The first-order valence-electron chi connectivity index (χ1n) is 12.1. The molecule has 2 heterocycles. The third-order valence-corrected chi connectivity index (χ3v) is 6.37. The van der Waals surface area contributed by atoms with Gasteiger partial charge in [-0.05, 0) is 61.0 Å². The summed E-state index contributed by atoms with van der Waals surface area (Å²) in [7, 11) is 3.08. The van der Waals surface area contributed by atoms with E-state index >= 15 is 0 Å². The van der Waals surface area contributed by atoms with Gasteiger partial charge in [-0.1, -0.05) is 24.3 Å². The predicted octanol–water partition coefficient (Wildman–Crippen LogP) is 5.22. The Kier molecular flexibility index (Phi) is 7.00. The largest absolute Gasteiger partial charge is 0.493 e. The van der Waals surface area contributed by atoms with Crippen molar-refractivity contribution in [3.63, 3.8) is 0 Å². The molecule has 4 aromatic rings. The molecule has 0 bridgehead atoms. The van der Waals surface area contributed by atoms with E-state index in [2.05, 4.69) is 21.0 Å². The summed E-state index contributed by atoms with van der Waals surface area (Å²) in [5.74, 6) is 0.250. The molecule has 0 saturated heterocycles. The number of nitrogens with zero attached hydrogens (tertiary/aromatic N) is 2. The van der Waals surface area contributed by atoms with Gasteiger partial charge in [0.05, 0.1) is 26.0 Å². The molecular formula is C29H26FN5O4. The van der Waals surface area contributed by atoms with Crippen LogP contribution in [0.2, 0.25) is 0 Å². The topological polar surface area (TPSA) is 107 Å². The Morgan fingerprint density at radius 3 is 2.26 bits per heavy atom. The summed E-state index contributed by atoms with van der Waals surface area (Å²) in [5, 5.41) is 13.4. The van der Waals surface area contributed by atoms with E-state index in [1.807, 2.05) is 24.3 Å². The van der Waals surface area contributed by atoms with Crippen molar-refractivity contribution in [3.05, 3.63) is 107 Å². The zero-order valence-corrected chi connectivity index (χ0v) is 21.5. The summed E-state index contributed by atoms with van der Waals surface area (Å²) in [4.78, 5) is 26.8. The molecule has 0 aliphatic carbocycles. The van der Waals surface area contributed by atoms with Crippen LogP contribution >= 0.6 is 0 Å². The zero-order chi connectivity index (χ0) is 27.5. The molecule has 3 aromatic carbocycles. The number of ether oxygens (including phenoxy) is 2. The normalized spacial score (nSPS) is 14.2. The van der Waals surface area contributed by atoms with Crippen molar-refractivity contribution in [2.45, 2.75) is 13.0 Å². The standard InChI is InChI=1S/C29H26FN5O4/c1-17-25(29(37)34-20-7-5-4-6-8-20)26(18-9-14-23(38-2)24(15-18)39-3)35-27(32-17)22(16-31-35)28(36)33-21-12-10-19(30)11-13-21/h4-16,26,32H,1-3H3,(H,33,36)(H,34,37)/t26-/m0/s1. The molecule has 3 N–H and O–H groups in total. The van der Waals surface area contributed by atoms with Crippen molar-refractivity contribution in [1.82, 2.24) is 9.78 Å². The Labute approximate surface area is 224 Å². The highest BCUT2D eigenvalue weighted by atomic mass is 19.1. The molecule has 0 unspecified atom stereocenters. The quantitative estimate of drug-likeness (QED) is 0.304. The molecular weight excluding hydrogens is 501 g/mol. The van der Waals surface area contributed by atoms with Crippen LogP contribution in [-0.4, -0.2) is 35.8 Å². The van der Waals surface area contributed by atoms with E-state index in [9.17, 15) is 14.0 Å². The summed E-state index contributed by atoms with van der Waals surface area (Å²) in [6.45, 7) is 1.77. The fraction of sp³-hybridized carbons (Fsp3) is 0.138. The first-order valence-corrected chi connectivity index (χ1v) is 12.1. The molecule has 2 amide bonds. The third kappa shape index (κ3) is 5.04. The van der Waals surface area contributed by atoms with Gasteiger partial charge < -0.3 is 25.4 Å². The number of para-hydroxylation sites is 1. The number of aromatic nitrogens is 2. The lowest BCUT2D eigenvalue weighted by Crippen LogP contribution is -2.32. The maximum absolute atomic E-state index is 13.6. The molecule has 198 valence electrons. The lowest BCUT2D eigenvalue weighted by Gasteiger charge is -2.30. The number of methoxy groups -OCH3 is 2. The second-order valence-corrected chi connectivity index (χ2v) is 8.81. The second-order valence-electron chi connectivity index (χ2n) is 8.81. The smallest absolute Gasteiger partial charge is 0.261 e. The Balaban J connectivity index is 1.57. The number of carbonyl (C=O) groups is 2. The summed E-state index contributed by atoms with van der Waals surface area (Å²) in [5.41, 5.74) is 2.98. The van der Waals surface area contributed by atoms with E-state index in [0.29, 0.717) is 45.5 Å². The first kappa shape index (κ1) is 25.5. The van der Waals surface area contributed by atoms with E-state index in [4.69, 9.17) is 9.47 Å². The van der Waals surface area contributed by atoms with Gasteiger partial charge in [-0.25, -0.2) is 9.07 Å². The average molecular weight is 528 g/mol. The van der Waals surface area contributed by atoms with Crippen LogP contribution in [0, 0.1) is 5.82 Å². The van der Waals surface area contributed by atoms with Gasteiger partial charge >= 0.3 is 0 Å². The summed E-state index contributed by atoms with van der Waals surface area (Å²) in [6, 6.07) is 19.3. The molecule has 0 fully saturated rings. The number of nitrogens with one attached hydrogen (secondary N) is 3. The van der Waals surface area contributed by atoms with Crippen molar-refractivity contribution in [2.24, 2.45) is 0 Å². The highest BCUT2D eigenvalue weighted by Gasteiger charge is 2.36. The highest BCUT2D eigenvalue weighted by molar-refractivity contribution is 6.09. The van der Waals surface area contributed by atoms with Gasteiger partial charge in [0.1, 0.15) is 23.2 Å². The molecule has 0 spiro atoms. The average Bonchev–Trinajstić information content (AvgIpc) is 3.37. The van der Waals surface area contributed by atoms with E-state index in [1.54, 1.807) is 43.0 Å². The molecule has 1 aliphatic rings. The fourth-order valence-corrected chi connectivity index (χ4v) is 4.50. The third-order valence-electron chi connectivity index (χ3n) is 6.37. The van der Waals surface area contributed by atoms with Crippen LogP contribution in [-0.2, 0) is 4.79 Å². The minimum atomic E-state index is -0.697. The van der Waals surface area contributed by atoms with Gasteiger partial charge in [-0.3, -0.25) is 9.59 Å². The van der Waals surface area contributed by atoms with Crippen molar-refractivity contribution in [1.29, 1.82) is 0 Å². The van der Waals surface area contributed by atoms with Crippen LogP contribution in [0.25, 0.3) is 0 Å². The molecule has 39 heavy (non-hydrogen) atoms. The van der Waals surface area contributed by atoms with Crippen molar-refractivity contribution < 1.29 is 23.5 Å². The monoisotopic (exact) mass is 527 g/mol. The van der Waals surface area contributed by atoms with Crippen molar-refractivity contribution >= 4 is 29.0 Å². The lowest BCUT2D eigenvalue weighted by molar-refractivity contribution is -0.113. The van der Waals surface area contributed by atoms with Gasteiger partial charge in [0.15, 0.2) is 11.5 Å². The number of hydrogen-bond donors (Lipinski definition) is 3. The van der Waals surface area contributed by atoms with Crippen LogP contribution in [0.15, 0.2) is 90.3 Å². The number of fused-ring (bicyclic) bond motifs is 1. The van der Waals surface area contributed by atoms with Crippen LogP contribution in [0.1, 0.15) is 28.9 Å². The number of hydrogen-bond acceptors (Lipinski definition) is 6. The summed E-state index contributed by atoms with van der Waals surface area (Å²) in [6.07, 6.45) is 1.43. The second kappa shape index (κ2) is 10.7. The van der Waals surface area contributed by atoms with Gasteiger partial charge in [0.25, 0.3) is 11.8 Å². The SMILES string of the molecule is COc1ccc([C@H]2C(C(=O)Nc3ccccc3)=C(C)Nc3c(C(=O)Nc4ccc(F)cc4)cnn32)cc1OC. The van der Waals surface area contributed by atoms with Gasteiger partial charge in [-0.15, -0.1) is 0 Å². The zero-order valence-electron chi connectivity index (χ0n) is 21.5. The molecule has 1 aliphatic heterocycles. The maximum Gasteiger partial charge on any atom is 0.261 e. The van der Waals surface area contributed by atoms with Gasteiger partial charge in [-0.2, -0.15) is 5.10 Å². The van der Waals surface area contributed by atoms with E-state index in [1.165, 1.54) is 37.6 Å². The summed E-state index contributed by atoms with van der Waals surface area (Å²) >= 11 is 0. The lowest BCUT2D eigenvalue weighted by atomic mass is 9.94. The molecule has 5 rings (SSSR count). The maximum atomic E-state index is 13.6. The van der Waals surface area contributed by atoms with E-state index < -0.39 is 17.8 Å². The highest BCUT2D eigenvalue weighted by Crippen LogP contribution is 2.40. The minimum Gasteiger partial charge on any atom is -0.493 e. The summed E-state index contributed by atoms with van der Waals surface area (Å²) < 4.78 is 25.8. The Hall–Kier alpha value is -5.12. The molecule has 1 atom stereocenters. The molecule has 0 saturated carbocycles.